The number of hydrogen-bond acceptors (Lipinski definition) is 6. The highest BCUT2D eigenvalue weighted by Gasteiger charge is 2.42. The van der Waals surface area contributed by atoms with Crippen LogP contribution in [0.3, 0.4) is 0 Å². The van der Waals surface area contributed by atoms with E-state index in [0.717, 1.165) is 48.8 Å². The second-order valence-electron chi connectivity index (χ2n) is 8.48. The number of aromatic nitrogens is 4. The SMILES string of the molecule is CCCCCN(CC#N)C(=O)CNCCC1(c2nn[nH]n2)C(C)=CCCc2cc(F)ccc21. The summed E-state index contributed by atoms with van der Waals surface area (Å²) < 4.78 is 14.0. The third-order valence-electron chi connectivity index (χ3n) is 6.39. The van der Waals surface area contributed by atoms with Crippen LogP contribution in [0.2, 0.25) is 0 Å². The quantitative estimate of drug-likeness (QED) is 0.307. The fourth-order valence-electron chi connectivity index (χ4n) is 4.61. The van der Waals surface area contributed by atoms with E-state index in [9.17, 15) is 9.18 Å². The number of amides is 1. The van der Waals surface area contributed by atoms with Crippen molar-refractivity contribution in [3.05, 3.63) is 52.6 Å². The number of halogens is 1. The van der Waals surface area contributed by atoms with E-state index in [1.807, 2.05) is 13.0 Å². The number of H-pyrrole nitrogens is 1. The Morgan fingerprint density at radius 2 is 2.24 bits per heavy atom. The first kappa shape index (κ1) is 24.5. The minimum atomic E-state index is -0.671. The van der Waals surface area contributed by atoms with Gasteiger partial charge in [-0.25, -0.2) is 4.39 Å². The highest BCUT2D eigenvalue weighted by atomic mass is 19.1. The predicted octanol–water partition coefficient (Wildman–Crippen LogP) is 3.04. The third-order valence-corrected chi connectivity index (χ3v) is 6.39. The fourth-order valence-corrected chi connectivity index (χ4v) is 4.61. The van der Waals surface area contributed by atoms with E-state index in [1.165, 1.54) is 6.07 Å². The number of tetrazole rings is 1. The van der Waals surface area contributed by atoms with E-state index in [-0.39, 0.29) is 24.8 Å². The molecule has 1 amide bonds. The number of rotatable bonds is 11. The van der Waals surface area contributed by atoms with Crippen molar-refractivity contribution in [2.75, 3.05) is 26.2 Å². The summed E-state index contributed by atoms with van der Waals surface area (Å²) in [5.74, 6) is 0.182. The number of aryl methyl sites for hydroxylation is 1. The van der Waals surface area contributed by atoms with Crippen molar-refractivity contribution in [3.63, 3.8) is 0 Å². The summed E-state index contributed by atoms with van der Waals surface area (Å²) in [4.78, 5) is 14.3. The molecule has 1 aliphatic rings. The van der Waals surface area contributed by atoms with Crippen LogP contribution in [-0.2, 0) is 16.6 Å². The van der Waals surface area contributed by atoms with Crippen LogP contribution in [0.1, 0.15) is 62.9 Å². The van der Waals surface area contributed by atoms with Crippen molar-refractivity contribution < 1.29 is 9.18 Å². The van der Waals surface area contributed by atoms with Gasteiger partial charge in [-0.1, -0.05) is 42.7 Å². The van der Waals surface area contributed by atoms with E-state index >= 15 is 0 Å². The summed E-state index contributed by atoms with van der Waals surface area (Å²) in [7, 11) is 0. The van der Waals surface area contributed by atoms with Crippen LogP contribution in [0, 0.1) is 17.1 Å². The molecule has 0 fully saturated rings. The van der Waals surface area contributed by atoms with Gasteiger partial charge in [0.15, 0.2) is 5.82 Å². The molecule has 176 valence electrons. The van der Waals surface area contributed by atoms with E-state index in [1.54, 1.807) is 11.0 Å². The Morgan fingerprint density at radius 3 is 2.97 bits per heavy atom. The molecular formula is C24H32FN7O. The van der Waals surface area contributed by atoms with Gasteiger partial charge in [0.2, 0.25) is 5.91 Å². The van der Waals surface area contributed by atoms with Crippen LogP contribution in [0.5, 0.6) is 0 Å². The zero-order chi connectivity index (χ0) is 23.7. The molecule has 0 saturated heterocycles. The maximum absolute atomic E-state index is 14.0. The number of nitriles is 1. The molecule has 0 saturated carbocycles. The van der Waals surface area contributed by atoms with Crippen LogP contribution in [-0.4, -0.2) is 57.6 Å². The van der Waals surface area contributed by atoms with Gasteiger partial charge >= 0.3 is 0 Å². The predicted molar refractivity (Wildman–Crippen MR) is 123 cm³/mol. The van der Waals surface area contributed by atoms with Gasteiger partial charge < -0.3 is 10.2 Å². The number of carbonyl (C=O) groups is 1. The van der Waals surface area contributed by atoms with Crippen molar-refractivity contribution >= 4 is 5.91 Å². The summed E-state index contributed by atoms with van der Waals surface area (Å²) in [5, 5.41) is 27.3. The van der Waals surface area contributed by atoms with Crippen molar-refractivity contribution in [1.29, 1.82) is 5.26 Å². The Morgan fingerprint density at radius 1 is 1.39 bits per heavy atom. The second kappa shape index (κ2) is 11.7. The van der Waals surface area contributed by atoms with Crippen LogP contribution < -0.4 is 5.32 Å². The first-order valence-corrected chi connectivity index (χ1v) is 11.6. The number of aromatic amines is 1. The minimum absolute atomic E-state index is 0.0862. The van der Waals surface area contributed by atoms with Crippen molar-refractivity contribution in [2.45, 2.75) is 57.8 Å². The lowest BCUT2D eigenvalue weighted by Gasteiger charge is -2.33. The van der Waals surface area contributed by atoms with Crippen LogP contribution in [0.4, 0.5) is 4.39 Å². The Kier molecular flexibility index (Phi) is 8.66. The zero-order valence-electron chi connectivity index (χ0n) is 19.4. The number of carbonyl (C=O) groups excluding carboxylic acids is 1. The van der Waals surface area contributed by atoms with Crippen molar-refractivity contribution in [2.24, 2.45) is 0 Å². The molecule has 0 radical (unpaired) electrons. The molecule has 0 aliphatic heterocycles. The van der Waals surface area contributed by atoms with Crippen molar-refractivity contribution in [1.82, 2.24) is 30.8 Å². The lowest BCUT2D eigenvalue weighted by Crippen LogP contribution is -2.41. The van der Waals surface area contributed by atoms with Crippen LogP contribution >= 0.6 is 0 Å². The average Bonchev–Trinajstić information content (AvgIpc) is 3.30. The molecule has 1 heterocycles. The first-order chi connectivity index (χ1) is 16.0. The number of allylic oxidation sites excluding steroid dienone is 2. The average molecular weight is 454 g/mol. The molecule has 1 atom stereocenters. The Hall–Kier alpha value is -3.12. The monoisotopic (exact) mass is 453 g/mol. The Labute approximate surface area is 194 Å². The number of nitrogens with one attached hydrogen (secondary N) is 2. The molecule has 33 heavy (non-hydrogen) atoms. The van der Waals surface area contributed by atoms with Gasteiger partial charge in [0.1, 0.15) is 12.4 Å². The Balaban J connectivity index is 1.77. The summed E-state index contributed by atoms with van der Waals surface area (Å²) >= 11 is 0. The van der Waals surface area contributed by atoms with Gasteiger partial charge in [-0.15, -0.1) is 10.2 Å². The van der Waals surface area contributed by atoms with E-state index in [4.69, 9.17) is 5.26 Å². The molecule has 2 N–H and O–H groups in total. The lowest BCUT2D eigenvalue weighted by molar-refractivity contribution is -0.129. The third kappa shape index (κ3) is 5.63. The van der Waals surface area contributed by atoms with Gasteiger partial charge in [0.25, 0.3) is 0 Å². The normalized spacial score (nSPS) is 17.6. The van der Waals surface area contributed by atoms with E-state index in [0.29, 0.717) is 25.3 Å². The number of fused-ring (bicyclic) bond motifs is 1. The van der Waals surface area contributed by atoms with E-state index in [2.05, 4.69) is 45.0 Å². The Bertz CT molecular complexity index is 999. The fraction of sp³-hybridized carbons (Fsp3) is 0.542. The molecule has 3 rings (SSSR count). The molecule has 0 bridgehead atoms. The molecule has 1 aromatic carbocycles. The molecule has 2 aromatic rings. The van der Waals surface area contributed by atoms with Crippen LogP contribution in [0.25, 0.3) is 0 Å². The molecule has 1 aliphatic carbocycles. The highest BCUT2D eigenvalue weighted by Crippen LogP contribution is 2.44. The zero-order valence-corrected chi connectivity index (χ0v) is 19.4. The van der Waals surface area contributed by atoms with Crippen molar-refractivity contribution in [3.8, 4) is 6.07 Å². The summed E-state index contributed by atoms with van der Waals surface area (Å²) in [6, 6.07) is 6.96. The maximum Gasteiger partial charge on any atom is 0.237 e. The molecule has 1 aromatic heterocycles. The second-order valence-corrected chi connectivity index (χ2v) is 8.48. The molecular weight excluding hydrogens is 421 g/mol. The van der Waals surface area contributed by atoms with Gasteiger partial charge in [0.05, 0.1) is 18.0 Å². The van der Waals surface area contributed by atoms with Gasteiger partial charge in [0, 0.05) is 6.54 Å². The molecule has 1 unspecified atom stereocenters. The van der Waals surface area contributed by atoms with Gasteiger partial charge in [-0.2, -0.15) is 10.5 Å². The van der Waals surface area contributed by atoms with Gasteiger partial charge in [-0.3, -0.25) is 4.79 Å². The van der Waals surface area contributed by atoms with Gasteiger partial charge in [-0.05, 0) is 62.4 Å². The smallest absolute Gasteiger partial charge is 0.237 e. The van der Waals surface area contributed by atoms with E-state index < -0.39 is 5.41 Å². The maximum atomic E-state index is 14.0. The number of benzene rings is 1. The largest absolute Gasteiger partial charge is 0.328 e. The topological polar surface area (TPSA) is 111 Å². The molecule has 0 spiro atoms. The molecule has 9 heteroatoms. The molecule has 8 nitrogen and oxygen atoms in total. The minimum Gasteiger partial charge on any atom is -0.328 e. The summed E-state index contributed by atoms with van der Waals surface area (Å²) in [5.41, 5.74) is 2.30. The summed E-state index contributed by atoms with van der Waals surface area (Å²) in [6.07, 6.45) is 7.25. The number of hydrogen-bond donors (Lipinski definition) is 2. The van der Waals surface area contributed by atoms with Crippen LogP contribution in [0.15, 0.2) is 29.8 Å². The standard InChI is InChI=1S/C24H32FN7O/c1-3-4-5-14-32(15-12-26)22(33)17-27-13-11-24(23-28-30-31-29-23)18(2)7-6-8-19-16-20(25)9-10-21(19)24/h7,9-10,16,27H,3-6,8,11,13-15,17H2,1-2H3,(H,28,29,30,31). The highest BCUT2D eigenvalue weighted by molar-refractivity contribution is 5.78. The number of unbranched alkanes of at least 4 members (excludes halogenated alkanes) is 2. The first-order valence-electron chi connectivity index (χ1n) is 11.6. The number of nitrogens with zero attached hydrogens (tertiary/aromatic N) is 5. The lowest BCUT2D eigenvalue weighted by atomic mass is 9.70. The summed E-state index contributed by atoms with van der Waals surface area (Å²) in [6.45, 7) is 5.50.